The summed E-state index contributed by atoms with van der Waals surface area (Å²) in [6, 6.07) is 7.13. The lowest BCUT2D eigenvalue weighted by molar-refractivity contribution is -0.142. The molecule has 0 bridgehead atoms. The normalized spacial score (nSPS) is 16.1. The summed E-state index contributed by atoms with van der Waals surface area (Å²) in [6.45, 7) is 1.33. The number of benzene rings is 1. The standard InChI is InChI=1S/C14H13NO4S/c1-9(16)19-8-13-11-6-7-20(17,18)14(11)10-4-2-3-5-12(10)15-13/h2-5H,6-8H2,1H3. The molecule has 20 heavy (non-hydrogen) atoms. The Morgan fingerprint density at radius 2 is 2.10 bits per heavy atom. The van der Waals surface area contributed by atoms with Gasteiger partial charge in [0.05, 0.1) is 21.9 Å². The van der Waals surface area contributed by atoms with Crippen LogP contribution in [0.1, 0.15) is 18.2 Å². The molecule has 1 aliphatic rings. The van der Waals surface area contributed by atoms with E-state index >= 15 is 0 Å². The van der Waals surface area contributed by atoms with Crippen LogP contribution in [0.2, 0.25) is 0 Å². The zero-order chi connectivity index (χ0) is 14.3. The van der Waals surface area contributed by atoms with Crippen LogP contribution in [0, 0.1) is 0 Å². The molecule has 0 saturated heterocycles. The molecule has 0 atom stereocenters. The van der Waals surface area contributed by atoms with Crippen LogP contribution in [0.3, 0.4) is 0 Å². The number of pyridine rings is 1. The van der Waals surface area contributed by atoms with E-state index in [-0.39, 0.29) is 12.4 Å². The highest BCUT2D eigenvalue weighted by Gasteiger charge is 2.31. The number of carbonyl (C=O) groups is 1. The summed E-state index contributed by atoms with van der Waals surface area (Å²) in [6.07, 6.45) is 0.423. The zero-order valence-corrected chi connectivity index (χ0v) is 11.7. The van der Waals surface area contributed by atoms with Crippen LogP contribution in [0.4, 0.5) is 0 Å². The van der Waals surface area contributed by atoms with Crippen LogP contribution >= 0.6 is 0 Å². The van der Waals surface area contributed by atoms with Crippen molar-refractivity contribution in [3.8, 4) is 0 Å². The highest BCUT2D eigenvalue weighted by molar-refractivity contribution is 7.92. The number of carbonyl (C=O) groups excluding carboxylic acids is 1. The largest absolute Gasteiger partial charge is 0.459 e. The highest BCUT2D eigenvalue weighted by Crippen LogP contribution is 2.34. The van der Waals surface area contributed by atoms with Gasteiger partial charge in [-0.3, -0.25) is 4.79 Å². The molecule has 5 nitrogen and oxygen atoms in total. The van der Waals surface area contributed by atoms with Gasteiger partial charge in [-0.2, -0.15) is 0 Å². The van der Waals surface area contributed by atoms with Gasteiger partial charge in [-0.15, -0.1) is 0 Å². The summed E-state index contributed by atoms with van der Waals surface area (Å²) in [5.74, 6) is -0.319. The molecule has 6 heteroatoms. The summed E-state index contributed by atoms with van der Waals surface area (Å²) < 4.78 is 29.4. The number of hydrogen-bond donors (Lipinski definition) is 0. The number of sulfone groups is 1. The van der Waals surface area contributed by atoms with Crippen LogP contribution in [-0.2, 0) is 32.4 Å². The molecule has 0 unspecified atom stereocenters. The minimum Gasteiger partial charge on any atom is -0.459 e. The number of rotatable bonds is 2. The minimum absolute atomic E-state index is 0.0119. The SMILES string of the molecule is CC(=O)OCc1nc2ccccc2c2c1CCS2(=O)=O. The van der Waals surface area contributed by atoms with Crippen LogP contribution in [0.5, 0.6) is 0 Å². The Balaban J connectivity index is 2.26. The zero-order valence-electron chi connectivity index (χ0n) is 10.9. The van der Waals surface area contributed by atoms with Crippen LogP contribution in [0.15, 0.2) is 29.2 Å². The molecule has 1 aliphatic heterocycles. The van der Waals surface area contributed by atoms with Crippen LogP contribution in [0.25, 0.3) is 10.9 Å². The molecule has 0 amide bonds. The molecule has 0 spiro atoms. The first-order chi connectivity index (χ1) is 9.49. The van der Waals surface area contributed by atoms with Crippen molar-refractivity contribution in [3.63, 3.8) is 0 Å². The summed E-state index contributed by atoms with van der Waals surface area (Å²) in [7, 11) is -3.27. The Bertz CT molecular complexity index is 811. The lowest BCUT2D eigenvalue weighted by Gasteiger charge is -2.10. The first kappa shape index (κ1) is 13.1. The predicted octanol–water partition coefficient (Wildman–Crippen LogP) is 1.63. The average molecular weight is 291 g/mol. The van der Waals surface area contributed by atoms with Gasteiger partial charge < -0.3 is 4.74 Å². The molecule has 1 aromatic carbocycles. The van der Waals surface area contributed by atoms with Gasteiger partial charge in [0.25, 0.3) is 0 Å². The van der Waals surface area contributed by atoms with Gasteiger partial charge in [0.15, 0.2) is 9.84 Å². The minimum atomic E-state index is -3.27. The molecule has 0 aliphatic carbocycles. The average Bonchev–Trinajstić information content (AvgIpc) is 2.73. The first-order valence-electron chi connectivity index (χ1n) is 6.25. The van der Waals surface area contributed by atoms with Crippen molar-refractivity contribution in [2.75, 3.05) is 5.75 Å². The lowest BCUT2D eigenvalue weighted by atomic mass is 10.1. The smallest absolute Gasteiger partial charge is 0.303 e. The number of hydrogen-bond acceptors (Lipinski definition) is 5. The number of fused-ring (bicyclic) bond motifs is 3. The van der Waals surface area contributed by atoms with Gasteiger partial charge in [-0.05, 0) is 18.1 Å². The monoisotopic (exact) mass is 291 g/mol. The Morgan fingerprint density at radius 3 is 2.85 bits per heavy atom. The van der Waals surface area contributed by atoms with Crippen molar-refractivity contribution in [1.82, 2.24) is 4.98 Å². The van der Waals surface area contributed by atoms with Crippen molar-refractivity contribution in [2.24, 2.45) is 0 Å². The van der Waals surface area contributed by atoms with Gasteiger partial charge in [0.1, 0.15) is 6.61 Å². The third-order valence-electron chi connectivity index (χ3n) is 3.37. The first-order valence-corrected chi connectivity index (χ1v) is 7.91. The topological polar surface area (TPSA) is 73.3 Å². The quantitative estimate of drug-likeness (QED) is 0.786. The fourth-order valence-corrected chi connectivity index (χ4v) is 4.29. The van der Waals surface area contributed by atoms with Gasteiger partial charge in [-0.25, -0.2) is 13.4 Å². The van der Waals surface area contributed by atoms with Gasteiger partial charge in [0, 0.05) is 12.3 Å². The molecule has 0 radical (unpaired) electrons. The van der Waals surface area contributed by atoms with E-state index in [1.165, 1.54) is 6.92 Å². The maximum Gasteiger partial charge on any atom is 0.303 e. The maximum atomic E-state index is 12.2. The summed E-state index contributed by atoms with van der Waals surface area (Å²) in [5.41, 5.74) is 1.83. The number of ether oxygens (including phenoxy) is 1. The van der Waals surface area contributed by atoms with E-state index < -0.39 is 15.8 Å². The fraction of sp³-hybridized carbons (Fsp3) is 0.286. The highest BCUT2D eigenvalue weighted by atomic mass is 32.2. The molecule has 0 saturated carbocycles. The second kappa shape index (κ2) is 4.56. The van der Waals surface area contributed by atoms with Crippen LogP contribution < -0.4 is 0 Å². The summed E-state index contributed by atoms with van der Waals surface area (Å²) >= 11 is 0. The molecular weight excluding hydrogens is 278 g/mol. The molecule has 104 valence electrons. The van der Waals surface area contributed by atoms with E-state index in [1.807, 2.05) is 0 Å². The third kappa shape index (κ3) is 2.06. The second-order valence-electron chi connectivity index (χ2n) is 4.73. The molecule has 3 rings (SSSR count). The Kier molecular flexibility index (Phi) is 2.97. The Morgan fingerprint density at radius 1 is 1.35 bits per heavy atom. The van der Waals surface area contributed by atoms with Gasteiger partial charge in [0.2, 0.25) is 0 Å². The number of aromatic nitrogens is 1. The molecule has 2 heterocycles. The lowest BCUT2D eigenvalue weighted by Crippen LogP contribution is -2.06. The van der Waals surface area contributed by atoms with E-state index in [4.69, 9.17) is 4.74 Å². The maximum absolute atomic E-state index is 12.2. The molecule has 2 aromatic rings. The van der Waals surface area contributed by atoms with Crippen molar-refractivity contribution in [1.29, 1.82) is 0 Å². The summed E-state index contributed by atoms with van der Waals surface area (Å²) in [4.78, 5) is 15.7. The third-order valence-corrected chi connectivity index (χ3v) is 5.20. The molecular formula is C14H13NO4S. The second-order valence-corrected chi connectivity index (χ2v) is 6.78. The number of nitrogens with zero attached hydrogens (tertiary/aromatic N) is 1. The van der Waals surface area contributed by atoms with Gasteiger partial charge in [-0.1, -0.05) is 18.2 Å². The molecule has 0 fully saturated rings. The van der Waals surface area contributed by atoms with E-state index in [9.17, 15) is 13.2 Å². The van der Waals surface area contributed by atoms with Crippen molar-refractivity contribution in [3.05, 3.63) is 35.5 Å². The van der Waals surface area contributed by atoms with E-state index in [0.717, 1.165) is 0 Å². The Hall–Kier alpha value is -1.95. The van der Waals surface area contributed by atoms with E-state index in [0.29, 0.717) is 33.5 Å². The number of esters is 1. The van der Waals surface area contributed by atoms with E-state index in [1.54, 1.807) is 24.3 Å². The van der Waals surface area contributed by atoms with Crippen molar-refractivity contribution < 1.29 is 17.9 Å². The molecule has 0 N–H and O–H groups in total. The van der Waals surface area contributed by atoms with Crippen molar-refractivity contribution >= 4 is 26.7 Å². The summed E-state index contributed by atoms with van der Waals surface area (Å²) in [5, 5.41) is 0.645. The van der Waals surface area contributed by atoms with Gasteiger partial charge >= 0.3 is 5.97 Å². The fourth-order valence-electron chi connectivity index (χ4n) is 2.51. The molecule has 1 aromatic heterocycles. The predicted molar refractivity (Wildman–Crippen MR) is 73.0 cm³/mol. The van der Waals surface area contributed by atoms with E-state index in [2.05, 4.69) is 4.98 Å². The Labute approximate surface area is 116 Å². The van der Waals surface area contributed by atoms with Crippen molar-refractivity contribution in [2.45, 2.75) is 24.8 Å². The van der Waals surface area contributed by atoms with Crippen LogP contribution in [-0.4, -0.2) is 25.1 Å². The number of para-hydroxylation sites is 1.